The Morgan fingerprint density at radius 3 is 3.00 bits per heavy atom. The minimum absolute atomic E-state index is 0.0656. The molecule has 0 unspecified atom stereocenters. The summed E-state index contributed by atoms with van der Waals surface area (Å²) in [5, 5.41) is 2.93. The highest BCUT2D eigenvalue weighted by Gasteiger charge is 2.19. The Morgan fingerprint density at radius 1 is 1.62 bits per heavy atom. The van der Waals surface area contributed by atoms with Gasteiger partial charge in [-0.3, -0.25) is 9.78 Å². The van der Waals surface area contributed by atoms with Crippen LogP contribution in [0.15, 0.2) is 12.3 Å². The summed E-state index contributed by atoms with van der Waals surface area (Å²) in [6.07, 6.45) is 5.32. The number of nitrogens with one attached hydrogen (secondary N) is 1. The van der Waals surface area contributed by atoms with Crippen LogP contribution in [0, 0.1) is 12.8 Å². The average Bonchev–Trinajstić information content (AvgIpc) is 2.19. The molecule has 1 amide bonds. The normalized spacial score (nSPS) is 15.6. The maximum Gasteiger partial charge on any atom is 0.253 e. The number of nitrogen functional groups attached to an aromatic ring is 1. The first-order chi connectivity index (χ1) is 7.66. The van der Waals surface area contributed by atoms with E-state index in [9.17, 15) is 4.79 Å². The smallest absolute Gasteiger partial charge is 0.253 e. The molecule has 1 aliphatic rings. The highest BCUT2D eigenvalue weighted by Crippen LogP contribution is 2.25. The zero-order valence-electron chi connectivity index (χ0n) is 9.49. The van der Waals surface area contributed by atoms with Crippen LogP contribution in [-0.4, -0.2) is 17.4 Å². The zero-order chi connectivity index (χ0) is 11.5. The molecule has 1 aromatic heterocycles. The van der Waals surface area contributed by atoms with Crippen LogP contribution in [0.2, 0.25) is 0 Å². The number of carbonyl (C=O) groups is 1. The van der Waals surface area contributed by atoms with Crippen LogP contribution < -0.4 is 11.1 Å². The third-order valence-electron chi connectivity index (χ3n) is 3.13. The number of carbonyl (C=O) groups excluding carboxylic acids is 1. The van der Waals surface area contributed by atoms with E-state index in [1.54, 1.807) is 12.3 Å². The maximum absolute atomic E-state index is 11.9. The Labute approximate surface area is 95.3 Å². The molecule has 0 radical (unpaired) electrons. The van der Waals surface area contributed by atoms with E-state index in [1.807, 2.05) is 6.92 Å². The first-order valence-electron chi connectivity index (χ1n) is 5.67. The molecule has 1 aromatic rings. The second-order valence-electron chi connectivity index (χ2n) is 4.41. The lowest BCUT2D eigenvalue weighted by molar-refractivity contribution is 0.0938. The molecule has 2 rings (SSSR count). The SMILES string of the molecule is Cc1ncc(N)cc1C(=O)NCC1CCC1. The quantitative estimate of drug-likeness (QED) is 0.809. The summed E-state index contributed by atoms with van der Waals surface area (Å²) >= 11 is 0. The van der Waals surface area contributed by atoms with Gasteiger partial charge in [0.1, 0.15) is 0 Å². The van der Waals surface area contributed by atoms with Gasteiger partial charge in [0.25, 0.3) is 5.91 Å². The van der Waals surface area contributed by atoms with Gasteiger partial charge in [0.2, 0.25) is 0 Å². The number of rotatable bonds is 3. The van der Waals surface area contributed by atoms with Crippen LogP contribution in [0.1, 0.15) is 35.3 Å². The zero-order valence-corrected chi connectivity index (χ0v) is 9.49. The summed E-state index contributed by atoms with van der Waals surface area (Å²) in [7, 11) is 0. The van der Waals surface area contributed by atoms with E-state index in [0.29, 0.717) is 17.2 Å². The van der Waals surface area contributed by atoms with E-state index < -0.39 is 0 Å². The van der Waals surface area contributed by atoms with E-state index in [0.717, 1.165) is 12.2 Å². The van der Waals surface area contributed by atoms with Gasteiger partial charge in [-0.1, -0.05) is 6.42 Å². The van der Waals surface area contributed by atoms with Crippen LogP contribution >= 0.6 is 0 Å². The highest BCUT2D eigenvalue weighted by atomic mass is 16.1. The van der Waals surface area contributed by atoms with Gasteiger partial charge in [-0.25, -0.2) is 0 Å². The molecule has 0 aromatic carbocycles. The molecule has 1 saturated carbocycles. The second kappa shape index (κ2) is 4.51. The van der Waals surface area contributed by atoms with Crippen molar-refractivity contribution in [3.8, 4) is 0 Å². The fourth-order valence-electron chi connectivity index (χ4n) is 1.81. The van der Waals surface area contributed by atoms with E-state index in [4.69, 9.17) is 5.73 Å². The summed E-state index contributed by atoms with van der Waals surface area (Å²) in [5.74, 6) is 0.600. The monoisotopic (exact) mass is 219 g/mol. The fraction of sp³-hybridized carbons (Fsp3) is 0.500. The lowest BCUT2D eigenvalue weighted by Crippen LogP contribution is -2.32. The topological polar surface area (TPSA) is 68.0 Å². The van der Waals surface area contributed by atoms with Crippen molar-refractivity contribution in [1.29, 1.82) is 0 Å². The number of hydrogen-bond acceptors (Lipinski definition) is 3. The Kier molecular flexibility index (Phi) is 3.08. The molecular weight excluding hydrogens is 202 g/mol. The number of aryl methyl sites for hydroxylation is 1. The number of hydrogen-bond donors (Lipinski definition) is 2. The molecule has 1 heterocycles. The molecule has 0 spiro atoms. The standard InChI is InChI=1S/C12H17N3O/c1-8-11(5-10(13)7-14-8)12(16)15-6-9-3-2-4-9/h5,7,9H,2-4,6,13H2,1H3,(H,15,16). The predicted octanol–water partition coefficient (Wildman–Crippen LogP) is 1.50. The van der Waals surface area contributed by atoms with Gasteiger partial charge >= 0.3 is 0 Å². The molecule has 0 aliphatic heterocycles. The summed E-state index contributed by atoms with van der Waals surface area (Å²) in [4.78, 5) is 15.9. The number of anilines is 1. The molecule has 4 nitrogen and oxygen atoms in total. The number of aromatic nitrogens is 1. The molecule has 3 N–H and O–H groups in total. The minimum atomic E-state index is -0.0656. The third kappa shape index (κ3) is 2.32. The van der Waals surface area contributed by atoms with Crippen molar-refractivity contribution in [2.75, 3.05) is 12.3 Å². The Hall–Kier alpha value is -1.58. The van der Waals surface area contributed by atoms with Gasteiger partial charge in [0, 0.05) is 6.54 Å². The first kappa shape index (κ1) is 10.9. The third-order valence-corrected chi connectivity index (χ3v) is 3.13. The first-order valence-corrected chi connectivity index (χ1v) is 5.67. The van der Waals surface area contributed by atoms with E-state index >= 15 is 0 Å². The minimum Gasteiger partial charge on any atom is -0.397 e. The maximum atomic E-state index is 11.9. The molecule has 0 atom stereocenters. The van der Waals surface area contributed by atoms with E-state index in [-0.39, 0.29) is 5.91 Å². The van der Waals surface area contributed by atoms with Crippen LogP contribution in [-0.2, 0) is 0 Å². The van der Waals surface area contributed by atoms with Crippen LogP contribution in [0.25, 0.3) is 0 Å². The van der Waals surface area contributed by atoms with Crippen molar-refractivity contribution in [2.24, 2.45) is 5.92 Å². The predicted molar refractivity (Wildman–Crippen MR) is 63.1 cm³/mol. The Bertz CT molecular complexity index is 399. The van der Waals surface area contributed by atoms with Crippen molar-refractivity contribution in [2.45, 2.75) is 26.2 Å². The molecule has 1 aliphatic carbocycles. The molecule has 86 valence electrons. The number of pyridine rings is 1. The number of amides is 1. The fourth-order valence-corrected chi connectivity index (χ4v) is 1.81. The van der Waals surface area contributed by atoms with Gasteiger partial charge in [0.15, 0.2) is 0 Å². The molecule has 4 heteroatoms. The van der Waals surface area contributed by atoms with Crippen molar-refractivity contribution >= 4 is 11.6 Å². The van der Waals surface area contributed by atoms with Crippen molar-refractivity contribution in [3.05, 3.63) is 23.5 Å². The van der Waals surface area contributed by atoms with Crippen molar-refractivity contribution in [1.82, 2.24) is 10.3 Å². The van der Waals surface area contributed by atoms with Crippen LogP contribution in [0.4, 0.5) is 5.69 Å². The summed E-state index contributed by atoms with van der Waals surface area (Å²) in [5.41, 5.74) is 7.45. The highest BCUT2D eigenvalue weighted by molar-refractivity contribution is 5.95. The lowest BCUT2D eigenvalue weighted by Gasteiger charge is -2.25. The molecule has 1 fully saturated rings. The summed E-state index contributed by atoms with van der Waals surface area (Å²) in [6, 6.07) is 1.68. The second-order valence-corrected chi connectivity index (χ2v) is 4.41. The van der Waals surface area contributed by atoms with Crippen molar-refractivity contribution in [3.63, 3.8) is 0 Å². The van der Waals surface area contributed by atoms with Gasteiger partial charge < -0.3 is 11.1 Å². The summed E-state index contributed by atoms with van der Waals surface area (Å²) in [6.45, 7) is 2.59. The van der Waals surface area contributed by atoms with Gasteiger partial charge in [-0.05, 0) is 31.7 Å². The lowest BCUT2D eigenvalue weighted by atomic mass is 9.85. The number of nitrogens with zero attached hydrogens (tertiary/aromatic N) is 1. The molecule has 0 saturated heterocycles. The Balaban J connectivity index is 1.99. The van der Waals surface area contributed by atoms with Crippen LogP contribution in [0.3, 0.4) is 0 Å². The average molecular weight is 219 g/mol. The van der Waals surface area contributed by atoms with Crippen LogP contribution in [0.5, 0.6) is 0 Å². The van der Waals surface area contributed by atoms with E-state index in [1.165, 1.54) is 19.3 Å². The molecule has 0 bridgehead atoms. The van der Waals surface area contributed by atoms with Gasteiger partial charge in [0.05, 0.1) is 23.1 Å². The molecule has 16 heavy (non-hydrogen) atoms. The van der Waals surface area contributed by atoms with Gasteiger partial charge in [-0.15, -0.1) is 0 Å². The number of nitrogens with two attached hydrogens (primary N) is 1. The van der Waals surface area contributed by atoms with Gasteiger partial charge in [-0.2, -0.15) is 0 Å². The molecular formula is C12H17N3O. The van der Waals surface area contributed by atoms with Crippen molar-refractivity contribution < 1.29 is 4.79 Å². The summed E-state index contributed by atoms with van der Waals surface area (Å²) < 4.78 is 0. The largest absolute Gasteiger partial charge is 0.397 e. The van der Waals surface area contributed by atoms with E-state index in [2.05, 4.69) is 10.3 Å². The Morgan fingerprint density at radius 2 is 2.38 bits per heavy atom.